The summed E-state index contributed by atoms with van der Waals surface area (Å²) in [6, 6.07) is 4.17. The Kier molecular flexibility index (Phi) is 6.84. The number of nitrogens with one attached hydrogen (secondary N) is 1. The van der Waals surface area contributed by atoms with Crippen LogP contribution < -0.4 is 5.32 Å². The highest BCUT2D eigenvalue weighted by Gasteiger charge is 2.48. The standard InChI is InChI=1S/C23H25ClFNO5/c1-5-9-31-23(29)17-12(3)26-15-10-11(2)16(22(28)30-4)21(27)19(15)20(17)18-13(24)7-6-8-14(18)25/h6-8,11,16,20,26H,5,9-10H2,1-4H3/t11-,16+,20+/m1/s1. The van der Waals surface area contributed by atoms with Crippen LogP contribution in [0.1, 0.15) is 45.1 Å². The monoisotopic (exact) mass is 449 g/mol. The topological polar surface area (TPSA) is 81.7 Å². The molecule has 1 aliphatic heterocycles. The SMILES string of the molecule is CCCOC(=O)C1=C(C)NC2=C(C(=O)[C@@H](C(=O)OC)[C@H](C)C2)[C@@H]1c1c(F)cccc1Cl. The minimum absolute atomic E-state index is 0.00693. The van der Waals surface area contributed by atoms with Crippen molar-refractivity contribution in [1.29, 1.82) is 0 Å². The van der Waals surface area contributed by atoms with E-state index < -0.39 is 35.4 Å². The number of hydrogen-bond donors (Lipinski definition) is 1. The molecule has 1 aromatic rings. The average Bonchev–Trinajstić information content (AvgIpc) is 2.71. The number of halogens is 2. The summed E-state index contributed by atoms with van der Waals surface area (Å²) >= 11 is 6.36. The molecular formula is C23H25ClFNO5. The number of allylic oxidation sites excluding steroid dienone is 3. The first kappa shape index (κ1) is 23.0. The number of Topliss-reactive ketones (excluding diaryl/α,β-unsaturated/α-hetero) is 1. The number of hydrogen-bond acceptors (Lipinski definition) is 6. The molecule has 1 heterocycles. The van der Waals surface area contributed by atoms with Crippen LogP contribution in [-0.2, 0) is 23.9 Å². The quantitative estimate of drug-likeness (QED) is 0.539. The van der Waals surface area contributed by atoms with Gasteiger partial charge in [-0.05, 0) is 37.8 Å². The summed E-state index contributed by atoms with van der Waals surface area (Å²) in [5.74, 6) is -4.96. The summed E-state index contributed by atoms with van der Waals surface area (Å²) in [4.78, 5) is 38.9. The second-order valence-electron chi connectivity index (χ2n) is 7.81. The molecule has 0 unspecified atom stereocenters. The smallest absolute Gasteiger partial charge is 0.336 e. The van der Waals surface area contributed by atoms with Crippen LogP contribution in [0.2, 0.25) is 5.02 Å². The Morgan fingerprint density at radius 3 is 2.65 bits per heavy atom. The first-order chi connectivity index (χ1) is 14.7. The molecular weight excluding hydrogens is 425 g/mol. The van der Waals surface area contributed by atoms with Gasteiger partial charge in [-0.15, -0.1) is 0 Å². The molecule has 1 aromatic carbocycles. The van der Waals surface area contributed by atoms with Gasteiger partial charge in [-0.25, -0.2) is 9.18 Å². The first-order valence-electron chi connectivity index (χ1n) is 10.2. The molecule has 166 valence electrons. The second-order valence-corrected chi connectivity index (χ2v) is 8.21. The van der Waals surface area contributed by atoms with E-state index >= 15 is 4.39 Å². The van der Waals surface area contributed by atoms with E-state index in [2.05, 4.69) is 5.32 Å². The summed E-state index contributed by atoms with van der Waals surface area (Å²) < 4.78 is 25.2. The van der Waals surface area contributed by atoms with Gasteiger partial charge in [0.1, 0.15) is 11.7 Å². The number of methoxy groups -OCH3 is 1. The van der Waals surface area contributed by atoms with Crippen LogP contribution in [0.4, 0.5) is 4.39 Å². The normalized spacial score (nSPS) is 23.3. The van der Waals surface area contributed by atoms with Crippen molar-refractivity contribution in [3.8, 4) is 0 Å². The maximum Gasteiger partial charge on any atom is 0.336 e. The minimum atomic E-state index is -1.10. The summed E-state index contributed by atoms with van der Waals surface area (Å²) in [5.41, 5.74) is 1.26. The highest BCUT2D eigenvalue weighted by Crippen LogP contribution is 2.47. The van der Waals surface area contributed by atoms with Gasteiger partial charge in [0.25, 0.3) is 0 Å². The van der Waals surface area contributed by atoms with E-state index in [0.29, 0.717) is 24.2 Å². The van der Waals surface area contributed by atoms with Crippen molar-refractivity contribution in [2.24, 2.45) is 11.8 Å². The van der Waals surface area contributed by atoms with Crippen LogP contribution in [0.15, 0.2) is 40.7 Å². The van der Waals surface area contributed by atoms with Crippen LogP contribution >= 0.6 is 11.6 Å². The fourth-order valence-corrected chi connectivity index (χ4v) is 4.57. The minimum Gasteiger partial charge on any atom is -0.468 e. The summed E-state index contributed by atoms with van der Waals surface area (Å²) in [6.07, 6.45) is 0.962. The lowest BCUT2D eigenvalue weighted by Crippen LogP contribution is -2.43. The number of dihydropyridines is 1. The van der Waals surface area contributed by atoms with Crippen LogP contribution in [0.3, 0.4) is 0 Å². The first-order valence-corrected chi connectivity index (χ1v) is 10.5. The van der Waals surface area contributed by atoms with Gasteiger partial charge in [-0.1, -0.05) is 31.5 Å². The molecule has 0 aromatic heterocycles. The maximum atomic E-state index is 15.0. The molecule has 1 aliphatic carbocycles. The highest BCUT2D eigenvalue weighted by molar-refractivity contribution is 6.31. The van der Waals surface area contributed by atoms with Crippen LogP contribution in [0, 0.1) is 17.7 Å². The predicted octanol–water partition coefficient (Wildman–Crippen LogP) is 4.05. The maximum absolute atomic E-state index is 15.0. The Bertz CT molecular complexity index is 979. The third kappa shape index (κ3) is 4.11. The van der Waals surface area contributed by atoms with Gasteiger partial charge < -0.3 is 14.8 Å². The Balaban J connectivity index is 2.23. The Hall–Kier alpha value is -2.67. The number of esters is 2. The van der Waals surface area contributed by atoms with Crippen molar-refractivity contribution in [3.05, 3.63) is 57.1 Å². The van der Waals surface area contributed by atoms with Gasteiger partial charge >= 0.3 is 11.9 Å². The van der Waals surface area contributed by atoms with Crippen LogP contribution in [0.25, 0.3) is 0 Å². The molecule has 0 fully saturated rings. The van der Waals surface area contributed by atoms with E-state index in [9.17, 15) is 14.4 Å². The van der Waals surface area contributed by atoms with E-state index in [1.165, 1.54) is 25.3 Å². The van der Waals surface area contributed by atoms with E-state index in [-0.39, 0.29) is 34.3 Å². The fourth-order valence-electron chi connectivity index (χ4n) is 4.30. The van der Waals surface area contributed by atoms with Crippen molar-refractivity contribution in [3.63, 3.8) is 0 Å². The fraction of sp³-hybridized carbons (Fsp3) is 0.435. The third-order valence-electron chi connectivity index (χ3n) is 5.69. The number of rotatable bonds is 5. The molecule has 1 N–H and O–H groups in total. The van der Waals surface area contributed by atoms with Crippen LogP contribution in [-0.4, -0.2) is 31.4 Å². The zero-order chi connectivity index (χ0) is 22.9. The van der Waals surface area contributed by atoms with Crippen molar-refractivity contribution in [2.75, 3.05) is 13.7 Å². The summed E-state index contributed by atoms with van der Waals surface area (Å²) in [7, 11) is 1.22. The molecule has 0 spiro atoms. The lowest BCUT2D eigenvalue weighted by Gasteiger charge is -2.38. The lowest BCUT2D eigenvalue weighted by molar-refractivity contribution is -0.151. The third-order valence-corrected chi connectivity index (χ3v) is 6.02. The van der Waals surface area contributed by atoms with Gasteiger partial charge in [0.05, 0.1) is 25.2 Å². The van der Waals surface area contributed by atoms with E-state index in [0.717, 1.165) is 0 Å². The molecule has 6 nitrogen and oxygen atoms in total. The molecule has 0 bridgehead atoms. The van der Waals surface area contributed by atoms with Gasteiger partial charge in [0, 0.05) is 27.6 Å². The van der Waals surface area contributed by atoms with Crippen molar-refractivity contribution in [1.82, 2.24) is 5.32 Å². The van der Waals surface area contributed by atoms with Gasteiger partial charge in [0.2, 0.25) is 0 Å². The van der Waals surface area contributed by atoms with E-state index in [1.54, 1.807) is 13.8 Å². The Morgan fingerprint density at radius 2 is 2.03 bits per heavy atom. The molecule has 31 heavy (non-hydrogen) atoms. The van der Waals surface area contributed by atoms with Crippen LogP contribution in [0.5, 0.6) is 0 Å². The summed E-state index contributed by atoms with van der Waals surface area (Å²) in [6.45, 7) is 5.48. The Labute approximate surface area is 185 Å². The number of ether oxygens (including phenoxy) is 2. The van der Waals surface area contributed by atoms with Crippen molar-refractivity contribution >= 4 is 29.3 Å². The molecule has 0 radical (unpaired) electrons. The molecule has 2 aliphatic rings. The molecule has 3 atom stereocenters. The van der Waals surface area contributed by atoms with Gasteiger partial charge in [-0.2, -0.15) is 0 Å². The molecule has 0 saturated heterocycles. The zero-order valence-electron chi connectivity index (χ0n) is 17.9. The lowest BCUT2D eigenvalue weighted by atomic mass is 9.69. The number of carbonyl (C=O) groups is 3. The predicted molar refractivity (Wildman–Crippen MR) is 113 cm³/mol. The Morgan fingerprint density at radius 1 is 1.32 bits per heavy atom. The number of ketones is 1. The largest absolute Gasteiger partial charge is 0.468 e. The number of benzene rings is 1. The van der Waals surface area contributed by atoms with E-state index in [4.69, 9.17) is 21.1 Å². The average molecular weight is 450 g/mol. The van der Waals surface area contributed by atoms with Crippen molar-refractivity contribution in [2.45, 2.75) is 39.5 Å². The van der Waals surface area contributed by atoms with E-state index in [1.807, 2.05) is 6.92 Å². The molecule has 3 rings (SSSR count). The van der Waals surface area contributed by atoms with Gasteiger partial charge in [0.15, 0.2) is 5.78 Å². The molecule has 0 saturated carbocycles. The molecule has 0 amide bonds. The molecule has 8 heteroatoms. The highest BCUT2D eigenvalue weighted by atomic mass is 35.5. The van der Waals surface area contributed by atoms with Crippen molar-refractivity contribution < 1.29 is 28.2 Å². The van der Waals surface area contributed by atoms with Gasteiger partial charge in [-0.3, -0.25) is 9.59 Å². The zero-order valence-corrected chi connectivity index (χ0v) is 18.6. The number of carbonyl (C=O) groups excluding carboxylic acids is 3. The summed E-state index contributed by atoms with van der Waals surface area (Å²) in [5, 5.41) is 3.20. The second kappa shape index (κ2) is 9.22.